The summed E-state index contributed by atoms with van der Waals surface area (Å²) >= 11 is 0. The van der Waals surface area contributed by atoms with Crippen molar-refractivity contribution in [2.75, 3.05) is 19.6 Å². The molecule has 3 aliphatic heterocycles. The molecule has 6 nitrogen and oxygen atoms in total. The van der Waals surface area contributed by atoms with Gasteiger partial charge in [0.1, 0.15) is 0 Å². The molecule has 1 fully saturated rings. The number of aromatic nitrogens is 2. The number of para-hydroxylation sites is 2. The molecule has 6 heteroatoms. The number of carbonyl (C=O) groups is 2. The molecule has 4 aromatic rings. The largest absolute Gasteiger partial charge is 0.350 e. The number of rotatable bonds is 3. The van der Waals surface area contributed by atoms with Crippen LogP contribution in [0, 0.1) is 11.8 Å². The number of hydrogen-bond donors (Lipinski definition) is 1. The third kappa shape index (κ3) is 2.86. The van der Waals surface area contributed by atoms with Crippen molar-refractivity contribution in [2.24, 2.45) is 18.9 Å². The first-order valence-electron chi connectivity index (χ1n) is 12.5. The predicted molar refractivity (Wildman–Crippen MR) is 138 cm³/mol. The normalized spacial score (nSPS) is 22.3. The number of aryl methyl sites for hydroxylation is 1. The van der Waals surface area contributed by atoms with Crippen LogP contribution in [-0.2, 0) is 29.6 Å². The van der Waals surface area contributed by atoms with E-state index in [0.29, 0.717) is 23.0 Å². The Kier molecular flexibility index (Phi) is 4.39. The minimum absolute atomic E-state index is 0.291. The Labute approximate surface area is 203 Å². The molecule has 0 bridgehead atoms. The van der Waals surface area contributed by atoms with Crippen molar-refractivity contribution in [2.45, 2.75) is 19.9 Å². The molecule has 35 heavy (non-hydrogen) atoms. The lowest BCUT2D eigenvalue weighted by Gasteiger charge is -2.28. The quantitative estimate of drug-likeness (QED) is 0.469. The molecule has 2 amide bonds. The van der Waals surface area contributed by atoms with Gasteiger partial charge in [-0.1, -0.05) is 43.3 Å². The highest BCUT2D eigenvalue weighted by Gasteiger charge is 2.41. The first-order valence-corrected chi connectivity index (χ1v) is 12.5. The van der Waals surface area contributed by atoms with Crippen LogP contribution in [-0.4, -0.2) is 45.5 Å². The molecule has 0 unspecified atom stereocenters. The standard InChI is InChI=1S/C29H28N4O2/c1-3-32-13-17-12-24-25(20-9-5-7-11-23(20)33(24)15-18(17)14-32)27-26(28(34)30-29(27)35)21-16-31(2)22-10-6-4-8-19(21)22/h4-11,16-18H,3,12-15H2,1-2H3,(H,30,34,35)/t17-,18-/m1/s1. The first kappa shape index (κ1) is 20.7. The van der Waals surface area contributed by atoms with Crippen LogP contribution < -0.4 is 5.32 Å². The maximum absolute atomic E-state index is 13.5. The zero-order chi connectivity index (χ0) is 23.8. The van der Waals surface area contributed by atoms with Crippen LogP contribution in [0.1, 0.15) is 23.7 Å². The van der Waals surface area contributed by atoms with E-state index in [4.69, 9.17) is 0 Å². The summed E-state index contributed by atoms with van der Waals surface area (Å²) in [6.45, 7) is 6.49. The minimum atomic E-state index is -0.308. The van der Waals surface area contributed by atoms with Crippen LogP contribution in [0.2, 0.25) is 0 Å². The highest BCUT2D eigenvalue weighted by molar-refractivity contribution is 6.51. The van der Waals surface area contributed by atoms with E-state index in [9.17, 15) is 9.59 Å². The molecule has 3 aliphatic rings. The van der Waals surface area contributed by atoms with Gasteiger partial charge in [-0.25, -0.2) is 0 Å². The van der Waals surface area contributed by atoms with Gasteiger partial charge >= 0.3 is 0 Å². The average molecular weight is 465 g/mol. The number of hydrogen-bond acceptors (Lipinski definition) is 3. The van der Waals surface area contributed by atoms with Crippen molar-refractivity contribution in [3.05, 3.63) is 71.5 Å². The summed E-state index contributed by atoms with van der Waals surface area (Å²) in [7, 11) is 1.98. The molecule has 0 saturated carbocycles. The number of fused-ring (bicyclic) bond motifs is 5. The van der Waals surface area contributed by atoms with Crippen molar-refractivity contribution >= 4 is 44.8 Å². The lowest BCUT2D eigenvalue weighted by molar-refractivity contribution is -0.122. The van der Waals surface area contributed by atoms with Crippen molar-refractivity contribution in [1.29, 1.82) is 0 Å². The second kappa shape index (κ2) is 7.43. The maximum atomic E-state index is 13.5. The molecule has 0 aliphatic carbocycles. The third-order valence-corrected chi connectivity index (χ3v) is 8.40. The van der Waals surface area contributed by atoms with E-state index in [-0.39, 0.29) is 11.8 Å². The number of imide groups is 1. The van der Waals surface area contributed by atoms with Crippen molar-refractivity contribution < 1.29 is 9.59 Å². The maximum Gasteiger partial charge on any atom is 0.259 e. The Hall–Kier alpha value is -3.64. The van der Waals surface area contributed by atoms with Crippen LogP contribution in [0.3, 0.4) is 0 Å². The van der Waals surface area contributed by atoms with Gasteiger partial charge in [0.2, 0.25) is 0 Å². The Morgan fingerprint density at radius 1 is 0.857 bits per heavy atom. The highest BCUT2D eigenvalue weighted by atomic mass is 16.2. The first-order chi connectivity index (χ1) is 17.0. The Bertz CT molecular complexity index is 1590. The van der Waals surface area contributed by atoms with E-state index in [1.165, 1.54) is 5.69 Å². The van der Waals surface area contributed by atoms with Gasteiger partial charge in [0.15, 0.2) is 0 Å². The van der Waals surface area contributed by atoms with Gasteiger partial charge in [-0.15, -0.1) is 0 Å². The van der Waals surface area contributed by atoms with E-state index in [2.05, 4.69) is 39.9 Å². The number of likely N-dealkylation sites (tertiary alicyclic amines) is 1. The van der Waals surface area contributed by atoms with E-state index in [1.54, 1.807) is 0 Å². The zero-order valence-corrected chi connectivity index (χ0v) is 20.0. The Morgan fingerprint density at radius 2 is 1.54 bits per heavy atom. The number of nitrogens with zero attached hydrogens (tertiary/aromatic N) is 3. The Balaban J connectivity index is 1.51. The summed E-state index contributed by atoms with van der Waals surface area (Å²) in [4.78, 5) is 29.3. The molecule has 2 aromatic heterocycles. The molecule has 2 atom stereocenters. The number of carbonyl (C=O) groups excluding carboxylic acids is 2. The smallest absolute Gasteiger partial charge is 0.259 e. The predicted octanol–water partition coefficient (Wildman–Crippen LogP) is 3.82. The molecule has 1 N–H and O–H groups in total. The lowest BCUT2D eigenvalue weighted by Crippen LogP contribution is -2.28. The molecule has 1 saturated heterocycles. The van der Waals surface area contributed by atoms with Gasteiger partial charge < -0.3 is 14.0 Å². The minimum Gasteiger partial charge on any atom is -0.350 e. The van der Waals surface area contributed by atoms with Crippen LogP contribution in [0.25, 0.3) is 33.0 Å². The van der Waals surface area contributed by atoms with Gasteiger partial charge in [0, 0.05) is 71.5 Å². The fourth-order valence-electron chi connectivity index (χ4n) is 6.76. The molecular weight excluding hydrogens is 436 g/mol. The fourth-order valence-corrected chi connectivity index (χ4v) is 6.76. The average Bonchev–Trinajstić information content (AvgIpc) is 3.58. The molecule has 2 aromatic carbocycles. The van der Waals surface area contributed by atoms with Gasteiger partial charge in [0.05, 0.1) is 11.1 Å². The fraction of sp³-hybridized carbons (Fsp3) is 0.310. The van der Waals surface area contributed by atoms with Crippen molar-refractivity contribution in [1.82, 2.24) is 19.4 Å². The van der Waals surface area contributed by atoms with Crippen LogP contribution >= 0.6 is 0 Å². The van der Waals surface area contributed by atoms with Crippen LogP contribution in [0.5, 0.6) is 0 Å². The summed E-state index contributed by atoms with van der Waals surface area (Å²) in [6.07, 6.45) is 2.91. The topological polar surface area (TPSA) is 59.3 Å². The number of nitrogens with one attached hydrogen (secondary N) is 1. The number of amides is 2. The molecule has 5 heterocycles. The summed E-state index contributed by atoms with van der Waals surface area (Å²) in [6, 6.07) is 16.4. The molecule has 0 radical (unpaired) electrons. The van der Waals surface area contributed by atoms with E-state index in [1.807, 2.05) is 48.1 Å². The van der Waals surface area contributed by atoms with E-state index < -0.39 is 0 Å². The van der Waals surface area contributed by atoms with Crippen LogP contribution in [0.4, 0.5) is 0 Å². The summed E-state index contributed by atoms with van der Waals surface area (Å²) < 4.78 is 4.45. The second-order valence-electron chi connectivity index (χ2n) is 10.2. The molecule has 176 valence electrons. The van der Waals surface area contributed by atoms with E-state index >= 15 is 0 Å². The SMILES string of the molecule is CCN1C[C@H]2Cc3c(C4=C(c5cn(C)c6ccccc56)C(=O)NC4=O)c4ccccc4n3C[C@H]2C1. The molecule has 7 rings (SSSR count). The second-order valence-corrected chi connectivity index (χ2v) is 10.2. The van der Waals surface area contributed by atoms with Crippen LogP contribution in [0.15, 0.2) is 54.7 Å². The lowest BCUT2D eigenvalue weighted by atomic mass is 9.85. The summed E-state index contributed by atoms with van der Waals surface area (Å²) in [5.41, 5.74) is 6.18. The van der Waals surface area contributed by atoms with Gasteiger partial charge in [-0.2, -0.15) is 0 Å². The van der Waals surface area contributed by atoms with E-state index in [0.717, 1.165) is 65.5 Å². The zero-order valence-electron chi connectivity index (χ0n) is 20.0. The van der Waals surface area contributed by atoms with Gasteiger partial charge in [-0.3, -0.25) is 14.9 Å². The molecular formula is C29H28N4O2. The number of benzene rings is 2. The molecule has 0 spiro atoms. The monoisotopic (exact) mass is 464 g/mol. The summed E-state index contributed by atoms with van der Waals surface area (Å²) in [5, 5.41) is 4.68. The highest BCUT2D eigenvalue weighted by Crippen LogP contribution is 2.44. The Morgan fingerprint density at radius 3 is 2.34 bits per heavy atom. The van der Waals surface area contributed by atoms with Crippen molar-refractivity contribution in [3.8, 4) is 0 Å². The van der Waals surface area contributed by atoms with Gasteiger partial charge in [0.25, 0.3) is 11.8 Å². The van der Waals surface area contributed by atoms with Gasteiger partial charge in [-0.05, 0) is 36.9 Å². The van der Waals surface area contributed by atoms with Crippen molar-refractivity contribution in [3.63, 3.8) is 0 Å². The summed E-state index contributed by atoms with van der Waals surface area (Å²) in [5.74, 6) is 0.599. The third-order valence-electron chi connectivity index (χ3n) is 8.40.